The smallest absolute Gasteiger partial charge is 0.222 e. The zero-order valence-corrected chi connectivity index (χ0v) is 78.3. The number of hydrogen-bond donors (Lipinski definition) is 10. The summed E-state index contributed by atoms with van der Waals surface area (Å²) < 4.78 is 9.16. The van der Waals surface area contributed by atoms with Crippen molar-refractivity contribution in [2.45, 2.75) is 79.6 Å². The third-order valence-corrected chi connectivity index (χ3v) is 20.0. The Balaban J connectivity index is 0.000000202. The fraction of sp³-hybridized carbons (Fsp3) is 0.146. The van der Waals surface area contributed by atoms with E-state index in [-0.39, 0.29) is 23.8 Å². The second-order valence-corrected chi connectivity index (χ2v) is 29.3. The molecule has 10 heterocycles. The van der Waals surface area contributed by atoms with Crippen LogP contribution in [0.1, 0.15) is 61.6 Å². The molecule has 18 N–H and O–H groups in total. The average molecular weight is 2060 g/mol. The summed E-state index contributed by atoms with van der Waals surface area (Å²) in [4.78, 5) is 47.7. The number of nitrogens with two attached hydrogens (primary N) is 8. The van der Waals surface area contributed by atoms with Crippen LogP contribution in [0.15, 0.2) is 257 Å². The maximum atomic E-state index is 5.90. The molecule has 16 rings (SSSR count). The van der Waals surface area contributed by atoms with Gasteiger partial charge in [0.15, 0.2) is 0 Å². The predicted octanol–water partition coefficient (Wildman–Crippen LogP) is 16.4. The molecule has 0 aliphatic rings. The molecule has 0 saturated carbocycles. The highest BCUT2D eigenvalue weighted by atomic mass is 127. The van der Waals surface area contributed by atoms with Crippen LogP contribution in [0.4, 0.5) is 47.1 Å². The fourth-order valence-corrected chi connectivity index (χ4v) is 12.2. The number of imidazole rings is 3. The number of aromatic amines is 2. The van der Waals surface area contributed by atoms with Gasteiger partial charge < -0.3 is 60.0 Å². The first-order chi connectivity index (χ1) is 62.2. The van der Waals surface area contributed by atoms with Crippen LogP contribution in [0.25, 0.3) is 67.2 Å². The molecule has 0 spiro atoms. The van der Waals surface area contributed by atoms with Crippen LogP contribution >= 0.6 is 77.0 Å². The number of aryl methyl sites for hydroxylation is 4. The van der Waals surface area contributed by atoms with Crippen molar-refractivity contribution in [3.8, 4) is 140 Å². The van der Waals surface area contributed by atoms with Crippen LogP contribution in [-0.4, -0.2) is 109 Å². The number of aromatic nitrogens is 20. The minimum Gasteiger partial charge on any atom is -0.383 e. The lowest BCUT2D eigenvalue weighted by Crippen LogP contribution is -2.07. The molecule has 0 fully saturated rings. The number of nitrogen functional groups attached to an aromatic ring is 8. The molecule has 0 radical (unpaired) electrons. The normalized spacial score (nSPS) is 9.66. The van der Waals surface area contributed by atoms with E-state index in [1.54, 1.807) is 28.3 Å². The summed E-state index contributed by atoms with van der Waals surface area (Å²) in [5.74, 6) is 24.5. The monoisotopic (exact) mass is 2050 g/mol. The van der Waals surface area contributed by atoms with Gasteiger partial charge in [0.2, 0.25) is 23.8 Å². The van der Waals surface area contributed by atoms with Gasteiger partial charge in [0.25, 0.3) is 0 Å². The summed E-state index contributed by atoms with van der Waals surface area (Å²) in [5.41, 5.74) is 62.7. The molecule has 0 bridgehead atoms. The molecule has 0 aliphatic heterocycles. The van der Waals surface area contributed by atoms with Gasteiger partial charge in [0, 0.05) is 58.8 Å². The van der Waals surface area contributed by atoms with Crippen molar-refractivity contribution >= 4 is 124 Å². The van der Waals surface area contributed by atoms with Crippen LogP contribution in [-0.2, 0) is 51.9 Å². The van der Waals surface area contributed by atoms with Crippen LogP contribution in [0.2, 0.25) is 0 Å². The zero-order valence-electron chi connectivity index (χ0n) is 70.8. The lowest BCUT2D eigenvalue weighted by molar-refractivity contribution is 0.715. The summed E-state index contributed by atoms with van der Waals surface area (Å²) in [6.07, 6.45) is 45.1. The number of nitrogens with one attached hydrogen (secondary N) is 2. The van der Waals surface area contributed by atoms with E-state index in [9.17, 15) is 0 Å². The summed E-state index contributed by atoms with van der Waals surface area (Å²) in [6.45, 7) is 10.0. The summed E-state index contributed by atoms with van der Waals surface area (Å²) in [6, 6.07) is 60.5. The molecule has 10 aromatic heterocycles. The van der Waals surface area contributed by atoms with E-state index in [2.05, 4.69) is 229 Å². The van der Waals surface area contributed by atoms with Crippen molar-refractivity contribution < 1.29 is 0 Å². The van der Waals surface area contributed by atoms with Crippen molar-refractivity contribution in [1.29, 1.82) is 0 Å². The Hall–Kier alpha value is -14.9. The van der Waals surface area contributed by atoms with Crippen molar-refractivity contribution in [3.63, 3.8) is 0 Å². The molecule has 16 aromatic rings. The fourth-order valence-electron chi connectivity index (χ4n) is 11.0. The molecule has 0 aliphatic carbocycles. The van der Waals surface area contributed by atoms with E-state index >= 15 is 0 Å². The van der Waals surface area contributed by atoms with Crippen molar-refractivity contribution in [2.24, 2.45) is 0 Å². The number of benzene rings is 6. The van der Waals surface area contributed by atoms with Gasteiger partial charge in [0.05, 0.1) is 126 Å². The minimum atomic E-state index is 0.175. The van der Waals surface area contributed by atoms with Gasteiger partial charge in [0.1, 0.15) is 36.4 Å². The predicted molar refractivity (Wildman–Crippen MR) is 542 cm³/mol. The Morgan fingerprint density at radius 2 is 0.711 bits per heavy atom. The number of halogens is 4. The van der Waals surface area contributed by atoms with Crippen LogP contribution in [0, 0.1) is 80.2 Å². The van der Waals surface area contributed by atoms with Gasteiger partial charge in [-0.1, -0.05) is 289 Å². The summed E-state index contributed by atoms with van der Waals surface area (Å²) >= 11 is 10.3. The molecule has 0 amide bonds. The number of nitrogens with zero attached hydrogens (tertiary/aromatic N) is 18. The molecule has 6 aromatic carbocycles. The first-order valence-corrected chi connectivity index (χ1v) is 43.8. The highest BCUT2D eigenvalue weighted by molar-refractivity contribution is 14.1. The molecule has 648 valence electrons. The standard InChI is InChI=1S/2C18H18N6.2C12H10N2.2C9H8N2.2C6H9IN4.2C3H3Br/c1-2-16-15(17(19)23-18(20)22-16)9-6-10-24-12-14(11-21-24)13-7-4-3-5-8-13;1-2-15-14(17(19)23-18(20)22-15)9-6-10-24-11-16(21-12-24)13-7-4-3-5-8-13;1-2-8-14-9-12(13-10-14)11-6-4-3-5-7-11;1-2-8-14-10-12(9-13-14)11-6-4-3-5-7-11;1-2-4-8(5-3-1)9-6-10-7-11-9;1-2-4-8(5-3-1)9-6-10-11-7-9;2*1-2-3-4(7)5(8)11-6(9)10-3;2*1-2-3-4/h2*3-5,7-8,11-12H,2,10H2,1H3,(H4,19,20,22,23);2*1,3-7,9-10H,8H2;2*1-7H,(H,10,11);2*2H2,1H3,(H4,8,9,10,11);2*1H,3H2. The van der Waals surface area contributed by atoms with Crippen LogP contribution in [0.3, 0.4) is 0 Å². The lowest BCUT2D eigenvalue weighted by atomic mass is 10.1. The summed E-state index contributed by atoms with van der Waals surface area (Å²) in [7, 11) is 0. The third kappa shape index (κ3) is 34.0. The molecule has 28 nitrogen and oxygen atoms in total. The topological polar surface area (TPSA) is 440 Å². The first-order valence-electron chi connectivity index (χ1n) is 39.4. The molecular weight excluding hydrogens is 1960 g/mol. The van der Waals surface area contributed by atoms with Gasteiger partial charge in [-0.2, -0.15) is 35.2 Å². The molecule has 32 heteroatoms. The van der Waals surface area contributed by atoms with Gasteiger partial charge >= 0.3 is 0 Å². The van der Waals surface area contributed by atoms with Crippen LogP contribution < -0.4 is 45.9 Å². The maximum absolute atomic E-state index is 5.90. The molecule has 0 unspecified atom stereocenters. The van der Waals surface area contributed by atoms with E-state index in [0.29, 0.717) is 84.1 Å². The van der Waals surface area contributed by atoms with Gasteiger partial charge in [-0.3, -0.25) is 14.5 Å². The van der Waals surface area contributed by atoms with E-state index in [0.717, 1.165) is 98.8 Å². The second kappa shape index (κ2) is 56.0. The van der Waals surface area contributed by atoms with E-state index in [1.807, 2.05) is 250 Å². The number of rotatable bonds is 14. The number of hydrogen-bond acceptors (Lipinski definition) is 22. The first kappa shape index (κ1) is 100. The lowest BCUT2D eigenvalue weighted by Gasteiger charge is -2.04. The maximum Gasteiger partial charge on any atom is 0.222 e. The Kier molecular flexibility index (Phi) is 43.9. The van der Waals surface area contributed by atoms with Crippen LogP contribution in [0.5, 0.6) is 0 Å². The minimum absolute atomic E-state index is 0.175. The van der Waals surface area contributed by atoms with Gasteiger partial charge in [-0.05, 0) is 93.1 Å². The molecule has 0 saturated heterocycles. The van der Waals surface area contributed by atoms with E-state index in [4.69, 9.17) is 71.6 Å². The number of anilines is 8. The van der Waals surface area contributed by atoms with E-state index in [1.165, 1.54) is 11.1 Å². The quantitative estimate of drug-likeness (QED) is 0.0275. The highest BCUT2D eigenvalue weighted by Crippen LogP contribution is 2.24. The SMILES string of the molecule is C#CCBr.C#CCBr.C#CCn1cc(-c2ccccc2)cn1.C#CCn1cnc(-c2ccccc2)c1.CCc1nc(N)nc(N)c1C#CCn1cc(-c2ccccc2)cn1.CCc1nc(N)nc(N)c1C#CCn1cnc(-c2ccccc2)c1.CCc1nc(N)nc(N)c1I.CCc1nc(N)nc(N)c1I.c1ccc(-c2cn[nH]c2)cc1.c1ccc(-c2cnc[nH]2)cc1. The molecule has 128 heavy (non-hydrogen) atoms. The highest BCUT2D eigenvalue weighted by Gasteiger charge is 2.12. The Bertz CT molecular complexity index is 5910. The Morgan fingerprint density at radius 3 is 1.06 bits per heavy atom. The largest absolute Gasteiger partial charge is 0.383 e. The Morgan fingerprint density at radius 1 is 0.367 bits per heavy atom. The average Bonchev–Trinajstić information content (AvgIpc) is 1.77. The molecular formula is C96H96Br2I2N28. The number of terminal acetylenes is 4. The van der Waals surface area contributed by atoms with Crippen molar-refractivity contribution in [2.75, 3.05) is 56.5 Å². The van der Waals surface area contributed by atoms with E-state index < -0.39 is 0 Å². The number of alkyl halides is 2. The third-order valence-electron chi connectivity index (χ3n) is 17.0. The van der Waals surface area contributed by atoms with Crippen molar-refractivity contribution in [1.82, 2.24) is 98.7 Å². The summed E-state index contributed by atoms with van der Waals surface area (Å²) in [5, 5.41) is 16.5. The van der Waals surface area contributed by atoms with Crippen molar-refractivity contribution in [3.05, 3.63) is 298 Å². The van der Waals surface area contributed by atoms with Gasteiger partial charge in [-0.15, -0.1) is 25.7 Å². The Labute approximate surface area is 790 Å². The van der Waals surface area contributed by atoms with Gasteiger partial charge in [-0.25, -0.2) is 34.9 Å². The number of H-pyrrole nitrogens is 2. The molecule has 0 atom stereocenters. The zero-order chi connectivity index (χ0) is 92.2. The second-order valence-electron chi connectivity index (χ2n) is 26.0.